The first-order valence-electron chi connectivity index (χ1n) is 13.6. The summed E-state index contributed by atoms with van der Waals surface area (Å²) in [4.78, 5) is 53.7. The van der Waals surface area contributed by atoms with Crippen LogP contribution >= 0.6 is 11.6 Å². The van der Waals surface area contributed by atoms with Crippen LogP contribution in [0.1, 0.15) is 52.0 Å². The Hall–Kier alpha value is -4.17. The minimum atomic E-state index is -0.624. The van der Waals surface area contributed by atoms with Crippen LogP contribution < -0.4 is 10.6 Å². The molecule has 3 aromatic carbocycles. The fourth-order valence-corrected chi connectivity index (χ4v) is 5.97. The van der Waals surface area contributed by atoms with E-state index in [0.717, 1.165) is 35.2 Å². The number of fused-ring (bicyclic) bond motifs is 1. The van der Waals surface area contributed by atoms with Gasteiger partial charge in [0.2, 0.25) is 11.8 Å². The van der Waals surface area contributed by atoms with Gasteiger partial charge in [0.05, 0.1) is 0 Å². The lowest BCUT2D eigenvalue weighted by Gasteiger charge is -2.33. The Bertz CT molecular complexity index is 1500. The normalized spacial score (nSPS) is 19.4. The number of benzene rings is 3. The molecule has 6 rings (SSSR count). The van der Waals surface area contributed by atoms with Gasteiger partial charge in [-0.3, -0.25) is 24.5 Å². The highest BCUT2D eigenvalue weighted by molar-refractivity contribution is 6.30. The number of likely N-dealkylation sites (tertiary alicyclic amines) is 1. The zero-order valence-electron chi connectivity index (χ0n) is 21.9. The Morgan fingerprint density at radius 2 is 1.65 bits per heavy atom. The van der Waals surface area contributed by atoms with Crippen molar-refractivity contribution in [3.8, 4) is 11.1 Å². The summed E-state index contributed by atoms with van der Waals surface area (Å²) in [7, 11) is 0. The van der Waals surface area contributed by atoms with Crippen LogP contribution in [-0.2, 0) is 16.1 Å². The molecule has 2 saturated heterocycles. The molecule has 3 aliphatic rings. The molecular formula is C31H29ClN4O4. The minimum Gasteiger partial charge on any atom is -0.382 e. The molecule has 9 heteroatoms. The summed E-state index contributed by atoms with van der Waals surface area (Å²) in [5.41, 5.74) is 4.90. The third-order valence-corrected chi connectivity index (χ3v) is 8.24. The number of nitrogens with one attached hydrogen (secondary N) is 2. The summed E-state index contributed by atoms with van der Waals surface area (Å²) in [5.74, 6) is -0.862. The van der Waals surface area contributed by atoms with Crippen molar-refractivity contribution in [1.82, 2.24) is 15.1 Å². The smallest absolute Gasteiger partial charge is 0.255 e. The average molecular weight is 557 g/mol. The molecule has 2 fully saturated rings. The lowest BCUT2D eigenvalue weighted by molar-refractivity contribution is -0.136. The average Bonchev–Trinajstić information content (AvgIpc) is 3.28. The number of rotatable bonds is 5. The van der Waals surface area contributed by atoms with E-state index in [1.807, 2.05) is 65.6 Å². The van der Waals surface area contributed by atoms with Crippen LogP contribution in [0, 0.1) is 0 Å². The van der Waals surface area contributed by atoms with Crippen molar-refractivity contribution in [3.05, 3.63) is 88.4 Å². The first-order valence-corrected chi connectivity index (χ1v) is 13.9. The second kappa shape index (κ2) is 10.8. The molecule has 2 N–H and O–H groups in total. The highest BCUT2D eigenvalue weighted by Crippen LogP contribution is 2.31. The van der Waals surface area contributed by atoms with E-state index in [1.54, 1.807) is 11.0 Å². The van der Waals surface area contributed by atoms with E-state index in [1.165, 1.54) is 0 Å². The van der Waals surface area contributed by atoms with Crippen LogP contribution in [0.25, 0.3) is 11.1 Å². The number of hydrogen-bond acceptors (Lipinski definition) is 5. The standard InChI is InChI=1S/C31H29ClN4O4/c32-21-7-5-19(6-8-21)24-3-1-2-4-26(24)30(39)35-15-13-22(14-16-35)33-23-9-10-25-20(17-23)18-36(31(25)40)27-11-12-28(37)34-29(27)38/h1-10,17,22,27,33H,11-16,18H2,(H,34,37,38). The Morgan fingerprint density at radius 1 is 0.900 bits per heavy atom. The molecule has 204 valence electrons. The van der Waals surface area contributed by atoms with E-state index in [9.17, 15) is 19.2 Å². The lowest BCUT2D eigenvalue weighted by atomic mass is 9.97. The third kappa shape index (κ3) is 5.07. The van der Waals surface area contributed by atoms with Crippen molar-refractivity contribution in [2.24, 2.45) is 0 Å². The molecule has 0 spiro atoms. The Labute approximate surface area is 237 Å². The van der Waals surface area contributed by atoms with Gasteiger partial charge in [0.1, 0.15) is 6.04 Å². The van der Waals surface area contributed by atoms with Gasteiger partial charge in [-0.05, 0) is 72.4 Å². The molecule has 1 unspecified atom stereocenters. The van der Waals surface area contributed by atoms with Crippen molar-refractivity contribution in [2.45, 2.75) is 44.3 Å². The number of carbonyl (C=O) groups is 4. The van der Waals surface area contributed by atoms with Crippen LogP contribution in [0.5, 0.6) is 0 Å². The molecular weight excluding hydrogens is 528 g/mol. The van der Waals surface area contributed by atoms with Crippen molar-refractivity contribution in [3.63, 3.8) is 0 Å². The van der Waals surface area contributed by atoms with Gasteiger partial charge < -0.3 is 15.1 Å². The molecule has 8 nitrogen and oxygen atoms in total. The van der Waals surface area contributed by atoms with Gasteiger partial charge >= 0.3 is 0 Å². The highest BCUT2D eigenvalue weighted by atomic mass is 35.5. The Kier molecular flexibility index (Phi) is 7.02. The molecule has 0 aromatic heterocycles. The zero-order chi connectivity index (χ0) is 27.8. The monoisotopic (exact) mass is 556 g/mol. The van der Waals surface area contributed by atoms with Gasteiger partial charge in [0.15, 0.2) is 0 Å². The van der Waals surface area contributed by atoms with Crippen LogP contribution in [0.4, 0.5) is 5.69 Å². The Balaban J connectivity index is 1.08. The first kappa shape index (κ1) is 26.1. The van der Waals surface area contributed by atoms with Gasteiger partial charge in [0, 0.05) is 53.9 Å². The van der Waals surface area contributed by atoms with Gasteiger partial charge in [-0.1, -0.05) is 41.9 Å². The van der Waals surface area contributed by atoms with Crippen molar-refractivity contribution < 1.29 is 19.2 Å². The molecule has 4 amide bonds. The van der Waals surface area contributed by atoms with Gasteiger partial charge in [-0.2, -0.15) is 0 Å². The number of nitrogens with zero attached hydrogens (tertiary/aromatic N) is 2. The summed E-state index contributed by atoms with van der Waals surface area (Å²) in [5, 5.41) is 6.57. The summed E-state index contributed by atoms with van der Waals surface area (Å²) >= 11 is 6.05. The largest absolute Gasteiger partial charge is 0.382 e. The van der Waals surface area contributed by atoms with Gasteiger partial charge in [-0.25, -0.2) is 0 Å². The third-order valence-electron chi connectivity index (χ3n) is 7.99. The summed E-state index contributed by atoms with van der Waals surface area (Å²) in [6, 6.07) is 20.4. The van der Waals surface area contributed by atoms with E-state index in [2.05, 4.69) is 10.6 Å². The number of halogens is 1. The van der Waals surface area contributed by atoms with E-state index in [0.29, 0.717) is 42.2 Å². The van der Waals surface area contributed by atoms with E-state index in [4.69, 9.17) is 11.6 Å². The molecule has 0 radical (unpaired) electrons. The quantitative estimate of drug-likeness (QED) is 0.451. The highest BCUT2D eigenvalue weighted by Gasteiger charge is 2.39. The Morgan fingerprint density at radius 3 is 2.40 bits per heavy atom. The summed E-state index contributed by atoms with van der Waals surface area (Å²) in [6.07, 6.45) is 2.18. The minimum absolute atomic E-state index is 0.0218. The summed E-state index contributed by atoms with van der Waals surface area (Å²) in [6.45, 7) is 1.62. The van der Waals surface area contributed by atoms with Crippen molar-refractivity contribution in [1.29, 1.82) is 0 Å². The maximum atomic E-state index is 13.5. The second-order valence-corrected chi connectivity index (χ2v) is 11.0. The number of amides is 4. The topological polar surface area (TPSA) is 98.8 Å². The predicted molar refractivity (Wildman–Crippen MR) is 152 cm³/mol. The van der Waals surface area contributed by atoms with Gasteiger partial charge in [-0.15, -0.1) is 0 Å². The van der Waals surface area contributed by atoms with E-state index >= 15 is 0 Å². The number of carbonyl (C=O) groups excluding carboxylic acids is 4. The fraction of sp³-hybridized carbons (Fsp3) is 0.290. The van der Waals surface area contributed by atoms with Crippen LogP contribution in [0.3, 0.4) is 0 Å². The zero-order valence-corrected chi connectivity index (χ0v) is 22.6. The maximum Gasteiger partial charge on any atom is 0.255 e. The SMILES string of the molecule is O=C1CCC(N2Cc3cc(NC4CCN(C(=O)c5ccccc5-c5ccc(Cl)cc5)CC4)ccc3C2=O)C(=O)N1. The summed E-state index contributed by atoms with van der Waals surface area (Å²) < 4.78 is 0. The number of anilines is 1. The fourth-order valence-electron chi connectivity index (χ4n) is 5.85. The number of imide groups is 1. The maximum absolute atomic E-state index is 13.5. The molecule has 0 bridgehead atoms. The molecule has 3 heterocycles. The number of piperidine rings is 2. The second-order valence-electron chi connectivity index (χ2n) is 10.5. The molecule has 3 aromatic rings. The molecule has 3 aliphatic heterocycles. The lowest BCUT2D eigenvalue weighted by Crippen LogP contribution is -2.52. The molecule has 0 aliphatic carbocycles. The van der Waals surface area contributed by atoms with Crippen LogP contribution in [-0.4, -0.2) is 58.6 Å². The number of hydrogen-bond donors (Lipinski definition) is 2. The van der Waals surface area contributed by atoms with E-state index in [-0.39, 0.29) is 30.2 Å². The van der Waals surface area contributed by atoms with E-state index < -0.39 is 11.9 Å². The van der Waals surface area contributed by atoms with Crippen molar-refractivity contribution in [2.75, 3.05) is 18.4 Å². The predicted octanol–water partition coefficient (Wildman–Crippen LogP) is 4.48. The first-order chi connectivity index (χ1) is 19.4. The van der Waals surface area contributed by atoms with Crippen molar-refractivity contribution >= 4 is 40.9 Å². The molecule has 1 atom stereocenters. The molecule has 0 saturated carbocycles. The molecule has 40 heavy (non-hydrogen) atoms. The van der Waals surface area contributed by atoms with Gasteiger partial charge in [0.25, 0.3) is 11.8 Å². The van der Waals surface area contributed by atoms with Crippen LogP contribution in [0.2, 0.25) is 5.02 Å². The van der Waals surface area contributed by atoms with Crippen LogP contribution in [0.15, 0.2) is 66.7 Å².